The van der Waals surface area contributed by atoms with Gasteiger partial charge in [0.1, 0.15) is 6.61 Å². The maximum atomic E-state index is 11.7. The number of hydrogen-bond acceptors (Lipinski definition) is 2. The highest BCUT2D eigenvalue weighted by atomic mass is 16.5. The first-order valence-corrected chi connectivity index (χ1v) is 6.58. The van der Waals surface area contributed by atoms with Crippen molar-refractivity contribution in [1.29, 1.82) is 0 Å². The monoisotopic (exact) mass is 236 g/mol. The quantitative estimate of drug-likeness (QED) is 0.541. The maximum absolute atomic E-state index is 11.7. The minimum absolute atomic E-state index is 0.101. The molecule has 2 heteroatoms. The van der Waals surface area contributed by atoms with E-state index in [0.717, 1.165) is 18.3 Å². The fourth-order valence-corrected chi connectivity index (χ4v) is 2.88. The van der Waals surface area contributed by atoms with E-state index in [1.54, 1.807) is 0 Å². The number of esters is 1. The van der Waals surface area contributed by atoms with Crippen LogP contribution in [0.5, 0.6) is 0 Å². The summed E-state index contributed by atoms with van der Waals surface area (Å²) in [6, 6.07) is 0. The van der Waals surface area contributed by atoms with Crippen LogP contribution in [0.1, 0.15) is 47.5 Å². The van der Waals surface area contributed by atoms with E-state index in [1.165, 1.54) is 12.0 Å². The van der Waals surface area contributed by atoms with E-state index in [2.05, 4.69) is 19.9 Å². The molecule has 1 saturated carbocycles. The molecule has 0 spiro atoms. The Kier molecular flexibility index (Phi) is 2.87. The van der Waals surface area contributed by atoms with Gasteiger partial charge in [0.15, 0.2) is 0 Å². The molecule has 0 bridgehead atoms. The summed E-state index contributed by atoms with van der Waals surface area (Å²) < 4.78 is 5.37. The molecule has 0 aromatic carbocycles. The van der Waals surface area contributed by atoms with Gasteiger partial charge in [-0.1, -0.05) is 19.9 Å². The van der Waals surface area contributed by atoms with E-state index in [-0.39, 0.29) is 5.97 Å². The van der Waals surface area contributed by atoms with Crippen molar-refractivity contribution in [2.45, 2.75) is 47.5 Å². The lowest BCUT2D eigenvalue weighted by molar-refractivity contribution is -0.151. The zero-order valence-electron chi connectivity index (χ0n) is 11.7. The summed E-state index contributed by atoms with van der Waals surface area (Å²) >= 11 is 0. The van der Waals surface area contributed by atoms with E-state index in [1.807, 2.05) is 20.8 Å². The molecule has 0 aromatic heterocycles. The first kappa shape index (κ1) is 12.7. The molecule has 0 unspecified atom stereocenters. The van der Waals surface area contributed by atoms with Gasteiger partial charge in [0, 0.05) is 0 Å². The Labute approximate surface area is 104 Å². The minimum Gasteiger partial charge on any atom is -0.461 e. The lowest BCUT2D eigenvalue weighted by atomic mass is 9.97. The largest absolute Gasteiger partial charge is 0.461 e. The average molecular weight is 236 g/mol. The predicted octanol–water partition coefficient (Wildman–Crippen LogP) is 3.57. The highest BCUT2D eigenvalue weighted by Crippen LogP contribution is 2.64. The van der Waals surface area contributed by atoms with Gasteiger partial charge in [-0.3, -0.25) is 4.79 Å². The van der Waals surface area contributed by atoms with Gasteiger partial charge in [-0.15, -0.1) is 0 Å². The van der Waals surface area contributed by atoms with Gasteiger partial charge in [-0.25, -0.2) is 0 Å². The Bertz CT molecular complexity index is 358. The highest BCUT2D eigenvalue weighted by Gasteiger charge is 2.57. The van der Waals surface area contributed by atoms with Gasteiger partial charge in [-0.2, -0.15) is 0 Å². The van der Waals surface area contributed by atoms with Crippen molar-refractivity contribution in [1.82, 2.24) is 0 Å². The van der Waals surface area contributed by atoms with Crippen molar-refractivity contribution < 1.29 is 9.53 Å². The maximum Gasteiger partial charge on any atom is 0.311 e. The second-order valence-electron chi connectivity index (χ2n) is 7.16. The van der Waals surface area contributed by atoms with Gasteiger partial charge in [0.25, 0.3) is 0 Å². The van der Waals surface area contributed by atoms with E-state index >= 15 is 0 Å². The summed E-state index contributed by atoms with van der Waals surface area (Å²) in [6.45, 7) is 10.9. The van der Waals surface area contributed by atoms with Crippen LogP contribution >= 0.6 is 0 Å². The SMILES string of the molecule is CC(C)(C)C(=O)OCC1=CC[C@@H]2[C@@H](C1)C2(C)C. The Morgan fingerprint density at radius 2 is 2.06 bits per heavy atom. The molecule has 2 aliphatic rings. The topological polar surface area (TPSA) is 26.3 Å². The summed E-state index contributed by atoms with van der Waals surface area (Å²) in [5.41, 5.74) is 1.43. The van der Waals surface area contributed by atoms with Crippen molar-refractivity contribution >= 4 is 5.97 Å². The molecule has 0 heterocycles. The number of ether oxygens (including phenoxy) is 1. The number of hydrogen-bond donors (Lipinski definition) is 0. The third-order valence-corrected chi connectivity index (χ3v) is 4.43. The smallest absolute Gasteiger partial charge is 0.311 e. The molecule has 96 valence electrons. The molecule has 0 aliphatic heterocycles. The molecular formula is C15H24O2. The lowest BCUT2D eigenvalue weighted by Gasteiger charge is -2.18. The Balaban J connectivity index is 1.83. The molecule has 2 rings (SSSR count). The van der Waals surface area contributed by atoms with Gasteiger partial charge in [0.2, 0.25) is 0 Å². The van der Waals surface area contributed by atoms with Crippen LogP contribution in [0.4, 0.5) is 0 Å². The van der Waals surface area contributed by atoms with Crippen LogP contribution in [-0.4, -0.2) is 12.6 Å². The van der Waals surface area contributed by atoms with Gasteiger partial charge < -0.3 is 4.74 Å². The summed E-state index contributed by atoms with van der Waals surface area (Å²) in [4.78, 5) is 11.7. The third kappa shape index (κ3) is 2.41. The molecule has 0 amide bonds. The van der Waals surface area contributed by atoms with Crippen molar-refractivity contribution in [3.8, 4) is 0 Å². The molecule has 1 fully saturated rings. The molecule has 17 heavy (non-hydrogen) atoms. The van der Waals surface area contributed by atoms with E-state index in [0.29, 0.717) is 12.0 Å². The normalized spacial score (nSPS) is 30.3. The minimum atomic E-state index is -0.392. The van der Waals surface area contributed by atoms with E-state index < -0.39 is 5.41 Å². The predicted molar refractivity (Wildman–Crippen MR) is 68.5 cm³/mol. The first-order valence-electron chi connectivity index (χ1n) is 6.58. The van der Waals surface area contributed by atoms with Crippen LogP contribution in [0.3, 0.4) is 0 Å². The molecular weight excluding hydrogens is 212 g/mol. The fraction of sp³-hybridized carbons (Fsp3) is 0.800. The highest BCUT2D eigenvalue weighted by molar-refractivity contribution is 5.75. The van der Waals surface area contributed by atoms with Gasteiger partial charge in [-0.05, 0) is 56.4 Å². The molecule has 0 N–H and O–H groups in total. The van der Waals surface area contributed by atoms with Crippen LogP contribution in [-0.2, 0) is 9.53 Å². The van der Waals surface area contributed by atoms with Crippen molar-refractivity contribution in [2.24, 2.45) is 22.7 Å². The van der Waals surface area contributed by atoms with Crippen LogP contribution in [0.2, 0.25) is 0 Å². The molecule has 0 radical (unpaired) electrons. The molecule has 0 saturated heterocycles. The zero-order valence-corrected chi connectivity index (χ0v) is 11.7. The van der Waals surface area contributed by atoms with Gasteiger partial charge in [0.05, 0.1) is 5.41 Å². The zero-order chi connectivity index (χ0) is 12.8. The van der Waals surface area contributed by atoms with Crippen molar-refractivity contribution in [3.63, 3.8) is 0 Å². The van der Waals surface area contributed by atoms with Crippen molar-refractivity contribution in [2.75, 3.05) is 6.61 Å². The van der Waals surface area contributed by atoms with E-state index in [4.69, 9.17) is 4.74 Å². The number of allylic oxidation sites excluding steroid dienone is 1. The fourth-order valence-electron chi connectivity index (χ4n) is 2.88. The first-order chi connectivity index (χ1) is 7.73. The standard InChI is InChI=1S/C15H24O2/c1-14(2,3)13(16)17-9-10-6-7-11-12(8-10)15(11,4)5/h6,11-12H,7-9H2,1-5H3/t11-,12-/m1/s1. The number of fused-ring (bicyclic) bond motifs is 1. The summed E-state index contributed by atoms with van der Waals surface area (Å²) in [5, 5.41) is 0. The Hall–Kier alpha value is -0.790. The molecule has 2 aliphatic carbocycles. The summed E-state index contributed by atoms with van der Waals surface area (Å²) in [6.07, 6.45) is 4.57. The number of rotatable bonds is 2. The molecule has 2 nitrogen and oxygen atoms in total. The summed E-state index contributed by atoms with van der Waals surface area (Å²) in [7, 11) is 0. The van der Waals surface area contributed by atoms with Crippen LogP contribution in [0.25, 0.3) is 0 Å². The average Bonchev–Trinajstić information content (AvgIpc) is 2.76. The van der Waals surface area contributed by atoms with Gasteiger partial charge >= 0.3 is 5.97 Å². The number of carbonyl (C=O) groups excluding carboxylic acids is 1. The molecule has 2 atom stereocenters. The second-order valence-corrected chi connectivity index (χ2v) is 7.16. The van der Waals surface area contributed by atoms with Crippen molar-refractivity contribution in [3.05, 3.63) is 11.6 Å². The second kappa shape index (κ2) is 3.86. The van der Waals surface area contributed by atoms with Crippen LogP contribution < -0.4 is 0 Å². The Morgan fingerprint density at radius 1 is 1.41 bits per heavy atom. The van der Waals surface area contributed by atoms with E-state index in [9.17, 15) is 4.79 Å². The van der Waals surface area contributed by atoms with Crippen LogP contribution in [0, 0.1) is 22.7 Å². The Morgan fingerprint density at radius 3 is 2.59 bits per heavy atom. The third-order valence-electron chi connectivity index (χ3n) is 4.43. The number of carbonyl (C=O) groups is 1. The molecule has 0 aromatic rings. The van der Waals surface area contributed by atoms with Crippen LogP contribution in [0.15, 0.2) is 11.6 Å². The lowest BCUT2D eigenvalue weighted by Crippen LogP contribution is -2.24. The summed E-state index contributed by atoms with van der Waals surface area (Å²) in [5.74, 6) is 1.58.